The first-order chi connectivity index (χ1) is 11.4. The lowest BCUT2D eigenvalue weighted by atomic mass is 10.3. The molecule has 1 aliphatic rings. The van der Waals surface area contributed by atoms with Crippen LogP contribution < -0.4 is 0 Å². The van der Waals surface area contributed by atoms with E-state index in [-0.39, 0.29) is 4.90 Å². The second kappa shape index (κ2) is 7.96. The van der Waals surface area contributed by atoms with E-state index in [2.05, 4.69) is 0 Å². The molecule has 0 aromatic heterocycles. The van der Waals surface area contributed by atoms with E-state index in [9.17, 15) is 18.0 Å². The minimum absolute atomic E-state index is 0.140. The van der Waals surface area contributed by atoms with Crippen molar-refractivity contribution in [1.29, 1.82) is 0 Å². The van der Waals surface area contributed by atoms with Gasteiger partial charge in [0.25, 0.3) is 0 Å². The van der Waals surface area contributed by atoms with Crippen molar-refractivity contribution < 1.29 is 22.7 Å². The summed E-state index contributed by atoms with van der Waals surface area (Å²) in [4.78, 5) is 26.9. The van der Waals surface area contributed by atoms with Gasteiger partial charge in [-0.3, -0.25) is 4.79 Å². The van der Waals surface area contributed by atoms with Gasteiger partial charge in [0.15, 0.2) is 9.84 Å². The lowest BCUT2D eigenvalue weighted by Crippen LogP contribution is -2.50. The van der Waals surface area contributed by atoms with Crippen LogP contribution in [0.3, 0.4) is 0 Å². The van der Waals surface area contributed by atoms with Crippen LogP contribution in [-0.4, -0.2) is 63.0 Å². The van der Waals surface area contributed by atoms with Crippen molar-refractivity contribution in [3.05, 3.63) is 41.8 Å². The van der Waals surface area contributed by atoms with Crippen LogP contribution in [0.5, 0.6) is 0 Å². The van der Waals surface area contributed by atoms with E-state index < -0.39 is 21.8 Å². The lowest BCUT2D eigenvalue weighted by molar-refractivity contribution is -0.127. The molecule has 8 heteroatoms. The maximum atomic E-state index is 12.1. The Kier molecular flexibility index (Phi) is 5.97. The second-order valence-corrected chi connectivity index (χ2v) is 7.01. The molecule has 1 heterocycles. The summed E-state index contributed by atoms with van der Waals surface area (Å²) in [5.74, 6) is -0.391. The van der Waals surface area contributed by atoms with Crippen molar-refractivity contribution in [2.75, 3.05) is 32.8 Å². The topological polar surface area (TPSA) is 84.0 Å². The summed E-state index contributed by atoms with van der Waals surface area (Å²) in [5.41, 5.74) is 0. The van der Waals surface area contributed by atoms with Crippen molar-refractivity contribution in [3.8, 4) is 0 Å². The van der Waals surface area contributed by atoms with Gasteiger partial charge in [-0.2, -0.15) is 0 Å². The number of carbonyl (C=O) groups excluding carboxylic acids is 2. The SMILES string of the molecule is CCOC(=O)N1CCN(C(=O)C=CS(=O)(=O)c2ccccc2)CC1. The minimum Gasteiger partial charge on any atom is -0.450 e. The van der Waals surface area contributed by atoms with Crippen molar-refractivity contribution in [3.63, 3.8) is 0 Å². The first-order valence-corrected chi connectivity index (χ1v) is 9.17. The van der Waals surface area contributed by atoms with E-state index in [0.717, 1.165) is 11.5 Å². The van der Waals surface area contributed by atoms with Gasteiger partial charge in [-0.05, 0) is 19.1 Å². The Balaban J connectivity index is 1.93. The van der Waals surface area contributed by atoms with Gasteiger partial charge in [0.05, 0.1) is 11.5 Å². The van der Waals surface area contributed by atoms with Crippen LogP contribution in [0.4, 0.5) is 4.79 Å². The molecular formula is C16H20N2O5S. The second-order valence-electron chi connectivity index (χ2n) is 5.17. The fourth-order valence-electron chi connectivity index (χ4n) is 2.27. The number of rotatable bonds is 4. The van der Waals surface area contributed by atoms with Gasteiger partial charge >= 0.3 is 6.09 Å². The molecule has 2 rings (SSSR count). The minimum atomic E-state index is -3.64. The number of nitrogens with zero attached hydrogens (tertiary/aromatic N) is 2. The third-order valence-corrected chi connectivity index (χ3v) is 5.00. The van der Waals surface area contributed by atoms with Crippen molar-refractivity contribution in [2.24, 2.45) is 0 Å². The monoisotopic (exact) mass is 352 g/mol. The predicted octanol–water partition coefficient (Wildman–Crippen LogP) is 1.27. The molecule has 2 amide bonds. The van der Waals surface area contributed by atoms with E-state index in [4.69, 9.17) is 4.74 Å². The van der Waals surface area contributed by atoms with Crippen LogP contribution in [-0.2, 0) is 19.4 Å². The normalized spacial score (nSPS) is 15.5. The largest absolute Gasteiger partial charge is 0.450 e. The van der Waals surface area contributed by atoms with Crippen LogP contribution in [0.15, 0.2) is 46.7 Å². The van der Waals surface area contributed by atoms with E-state index in [1.807, 2.05) is 0 Å². The molecule has 130 valence electrons. The van der Waals surface area contributed by atoms with Gasteiger partial charge in [0.1, 0.15) is 0 Å². The number of hydrogen-bond donors (Lipinski definition) is 0. The maximum absolute atomic E-state index is 12.1. The van der Waals surface area contributed by atoms with Gasteiger partial charge in [-0.15, -0.1) is 0 Å². The molecule has 0 saturated carbocycles. The maximum Gasteiger partial charge on any atom is 0.409 e. The van der Waals surface area contributed by atoms with Crippen LogP contribution >= 0.6 is 0 Å². The Morgan fingerprint density at radius 3 is 2.25 bits per heavy atom. The van der Waals surface area contributed by atoms with Gasteiger partial charge < -0.3 is 14.5 Å². The van der Waals surface area contributed by atoms with Crippen molar-refractivity contribution in [2.45, 2.75) is 11.8 Å². The highest BCUT2D eigenvalue weighted by atomic mass is 32.2. The van der Waals surface area contributed by atoms with Crippen LogP contribution in [0.1, 0.15) is 6.92 Å². The smallest absolute Gasteiger partial charge is 0.409 e. The molecule has 0 bridgehead atoms. The summed E-state index contributed by atoms with van der Waals surface area (Å²) < 4.78 is 29.1. The number of ether oxygens (including phenoxy) is 1. The van der Waals surface area contributed by atoms with Crippen molar-refractivity contribution in [1.82, 2.24) is 9.80 Å². The van der Waals surface area contributed by atoms with Gasteiger partial charge in [-0.1, -0.05) is 18.2 Å². The summed E-state index contributed by atoms with van der Waals surface area (Å²) in [6.45, 7) is 3.45. The summed E-state index contributed by atoms with van der Waals surface area (Å²) in [5, 5.41) is 0.919. The Morgan fingerprint density at radius 2 is 1.67 bits per heavy atom. The summed E-state index contributed by atoms with van der Waals surface area (Å²) >= 11 is 0. The first kappa shape index (κ1) is 18.0. The molecule has 1 aromatic carbocycles. The molecule has 0 unspecified atom stereocenters. The van der Waals surface area contributed by atoms with E-state index in [1.165, 1.54) is 21.9 Å². The zero-order chi connectivity index (χ0) is 17.6. The molecule has 1 fully saturated rings. The van der Waals surface area contributed by atoms with Gasteiger partial charge in [0.2, 0.25) is 5.91 Å². The lowest BCUT2D eigenvalue weighted by Gasteiger charge is -2.33. The molecule has 1 aliphatic heterocycles. The Labute approximate surface area is 141 Å². The summed E-state index contributed by atoms with van der Waals surface area (Å²) in [6, 6.07) is 7.91. The quantitative estimate of drug-likeness (QED) is 0.762. The molecular weight excluding hydrogens is 332 g/mol. The number of hydrogen-bond acceptors (Lipinski definition) is 5. The predicted molar refractivity (Wildman–Crippen MR) is 87.9 cm³/mol. The third-order valence-electron chi connectivity index (χ3n) is 3.58. The fraction of sp³-hybridized carbons (Fsp3) is 0.375. The first-order valence-electron chi connectivity index (χ1n) is 7.63. The molecule has 24 heavy (non-hydrogen) atoms. The average molecular weight is 352 g/mol. The molecule has 0 radical (unpaired) electrons. The third kappa shape index (κ3) is 4.58. The number of carbonyl (C=O) groups is 2. The molecule has 0 aliphatic carbocycles. The molecule has 1 saturated heterocycles. The molecule has 1 aromatic rings. The Hall–Kier alpha value is -2.35. The Bertz CT molecular complexity index is 707. The molecule has 0 atom stereocenters. The van der Waals surface area contributed by atoms with E-state index in [1.54, 1.807) is 25.1 Å². The highest BCUT2D eigenvalue weighted by molar-refractivity contribution is 7.94. The number of amides is 2. The van der Waals surface area contributed by atoms with Gasteiger partial charge in [0, 0.05) is 37.7 Å². The highest BCUT2D eigenvalue weighted by Gasteiger charge is 2.24. The molecule has 0 spiro atoms. The molecule has 0 N–H and O–H groups in total. The van der Waals surface area contributed by atoms with E-state index in [0.29, 0.717) is 32.8 Å². The number of piperazine rings is 1. The summed E-state index contributed by atoms with van der Waals surface area (Å²) in [7, 11) is -3.64. The zero-order valence-electron chi connectivity index (χ0n) is 13.4. The van der Waals surface area contributed by atoms with E-state index >= 15 is 0 Å². The van der Waals surface area contributed by atoms with Crippen LogP contribution in [0.2, 0.25) is 0 Å². The fourth-order valence-corrected chi connectivity index (χ4v) is 3.26. The average Bonchev–Trinajstić information content (AvgIpc) is 2.61. The number of sulfone groups is 1. The van der Waals surface area contributed by atoms with Gasteiger partial charge in [-0.25, -0.2) is 13.2 Å². The summed E-state index contributed by atoms with van der Waals surface area (Å²) in [6.07, 6.45) is 0.661. The Morgan fingerprint density at radius 1 is 1.08 bits per heavy atom. The van der Waals surface area contributed by atoms with Crippen LogP contribution in [0.25, 0.3) is 0 Å². The number of benzene rings is 1. The standard InChI is InChI=1S/C16H20N2O5S/c1-2-23-16(20)18-11-9-17(10-12-18)15(19)8-13-24(21,22)14-6-4-3-5-7-14/h3-8,13H,2,9-12H2,1H3. The highest BCUT2D eigenvalue weighted by Crippen LogP contribution is 2.12. The van der Waals surface area contributed by atoms with Crippen molar-refractivity contribution >= 4 is 21.8 Å². The molecule has 7 nitrogen and oxygen atoms in total. The van der Waals surface area contributed by atoms with Crippen LogP contribution in [0, 0.1) is 0 Å². The zero-order valence-corrected chi connectivity index (χ0v) is 14.2.